The molecule has 2 saturated heterocycles. The molecule has 2 fully saturated rings. The second-order valence-electron chi connectivity index (χ2n) is 6.79. The number of aliphatic imine (C=N–C) groups is 1. The van der Waals surface area contributed by atoms with E-state index in [0.717, 1.165) is 64.7 Å². The molecule has 2 rings (SSSR count). The zero-order valence-corrected chi connectivity index (χ0v) is 16.8. The normalized spacial score (nSPS) is 19.5. The van der Waals surface area contributed by atoms with Crippen molar-refractivity contribution in [3.8, 4) is 0 Å². The molecule has 0 saturated carbocycles. The highest BCUT2D eigenvalue weighted by atomic mass is 32.2. The van der Waals surface area contributed by atoms with Crippen molar-refractivity contribution >= 4 is 23.6 Å². The molecule has 6 nitrogen and oxygen atoms in total. The van der Waals surface area contributed by atoms with E-state index in [1.54, 1.807) is 0 Å². The summed E-state index contributed by atoms with van der Waals surface area (Å²) in [6.07, 6.45) is 6.87. The fourth-order valence-corrected chi connectivity index (χ4v) is 3.84. The largest absolute Gasteiger partial charge is 0.357 e. The second kappa shape index (κ2) is 11.6. The number of hydrogen-bond acceptors (Lipinski definition) is 4. The molecule has 0 aliphatic carbocycles. The summed E-state index contributed by atoms with van der Waals surface area (Å²) in [6, 6.07) is 0. The first kappa shape index (κ1) is 20.4. The van der Waals surface area contributed by atoms with E-state index in [0.29, 0.717) is 12.5 Å². The molecule has 0 spiro atoms. The van der Waals surface area contributed by atoms with Gasteiger partial charge >= 0.3 is 0 Å². The molecule has 0 aromatic carbocycles. The molecule has 25 heavy (non-hydrogen) atoms. The van der Waals surface area contributed by atoms with E-state index in [9.17, 15) is 4.79 Å². The highest BCUT2D eigenvalue weighted by Gasteiger charge is 2.24. The first-order chi connectivity index (χ1) is 12.2. The number of hydrogen-bond donors (Lipinski definition) is 1. The SMILES string of the molecule is CCNC(=NCCCCSC)N1CCN(CC(=O)N2CCCC2)CC1. The van der Waals surface area contributed by atoms with Crippen molar-refractivity contribution < 1.29 is 4.79 Å². The highest BCUT2D eigenvalue weighted by molar-refractivity contribution is 7.98. The van der Waals surface area contributed by atoms with Crippen molar-refractivity contribution in [2.24, 2.45) is 4.99 Å². The van der Waals surface area contributed by atoms with Crippen molar-refractivity contribution in [3.63, 3.8) is 0 Å². The number of nitrogens with zero attached hydrogens (tertiary/aromatic N) is 4. The lowest BCUT2D eigenvalue weighted by Crippen LogP contribution is -2.54. The van der Waals surface area contributed by atoms with E-state index in [4.69, 9.17) is 4.99 Å². The smallest absolute Gasteiger partial charge is 0.236 e. The Morgan fingerprint density at radius 3 is 2.40 bits per heavy atom. The number of rotatable bonds is 8. The summed E-state index contributed by atoms with van der Waals surface area (Å²) in [5.74, 6) is 2.56. The molecule has 144 valence electrons. The van der Waals surface area contributed by atoms with Gasteiger partial charge < -0.3 is 15.1 Å². The maximum Gasteiger partial charge on any atom is 0.236 e. The molecule has 1 amide bonds. The van der Waals surface area contributed by atoms with Crippen molar-refractivity contribution in [2.45, 2.75) is 32.6 Å². The Hall–Kier alpha value is -0.950. The molecule has 2 aliphatic rings. The van der Waals surface area contributed by atoms with Gasteiger partial charge in [0.25, 0.3) is 0 Å². The van der Waals surface area contributed by atoms with Crippen LogP contribution in [-0.4, -0.2) is 97.5 Å². The third-order valence-corrected chi connectivity index (χ3v) is 5.54. The van der Waals surface area contributed by atoms with Crippen molar-refractivity contribution in [3.05, 3.63) is 0 Å². The number of guanidine groups is 1. The van der Waals surface area contributed by atoms with Gasteiger partial charge in [-0.05, 0) is 44.6 Å². The molecule has 0 atom stereocenters. The summed E-state index contributed by atoms with van der Waals surface area (Å²) in [7, 11) is 0. The Morgan fingerprint density at radius 1 is 1.04 bits per heavy atom. The van der Waals surface area contributed by atoms with E-state index < -0.39 is 0 Å². The molecule has 0 aromatic heterocycles. The van der Waals surface area contributed by atoms with Crippen LogP contribution < -0.4 is 5.32 Å². The van der Waals surface area contributed by atoms with E-state index in [-0.39, 0.29) is 0 Å². The monoisotopic (exact) mass is 369 g/mol. The minimum atomic E-state index is 0.306. The quantitative estimate of drug-likeness (QED) is 0.397. The summed E-state index contributed by atoms with van der Waals surface area (Å²) in [6.45, 7) is 10.2. The first-order valence-electron chi connectivity index (χ1n) is 9.77. The number of carbonyl (C=O) groups excluding carboxylic acids is 1. The van der Waals surface area contributed by atoms with Crippen LogP contribution in [0, 0.1) is 0 Å². The molecule has 7 heteroatoms. The Bertz CT molecular complexity index is 418. The van der Waals surface area contributed by atoms with Crippen LogP contribution in [0.1, 0.15) is 32.6 Å². The second-order valence-corrected chi connectivity index (χ2v) is 7.77. The third kappa shape index (κ3) is 7.05. The Kier molecular flexibility index (Phi) is 9.47. The first-order valence-corrected chi connectivity index (χ1v) is 11.2. The van der Waals surface area contributed by atoms with Crippen molar-refractivity contribution in [1.82, 2.24) is 20.0 Å². The van der Waals surface area contributed by atoms with Gasteiger partial charge in [-0.1, -0.05) is 0 Å². The van der Waals surface area contributed by atoms with Crippen LogP contribution in [0.3, 0.4) is 0 Å². The molecule has 2 heterocycles. The minimum Gasteiger partial charge on any atom is -0.357 e. The van der Waals surface area contributed by atoms with Crippen LogP contribution in [0.5, 0.6) is 0 Å². The summed E-state index contributed by atoms with van der Waals surface area (Å²) in [5.41, 5.74) is 0. The van der Waals surface area contributed by atoms with Crippen molar-refractivity contribution in [2.75, 3.05) is 70.9 Å². The summed E-state index contributed by atoms with van der Waals surface area (Å²) in [4.78, 5) is 23.7. The van der Waals surface area contributed by atoms with Crippen molar-refractivity contribution in [1.29, 1.82) is 0 Å². The van der Waals surface area contributed by atoms with Gasteiger partial charge in [0.15, 0.2) is 5.96 Å². The van der Waals surface area contributed by atoms with Crippen LogP contribution >= 0.6 is 11.8 Å². The van der Waals surface area contributed by atoms with Gasteiger partial charge in [0.05, 0.1) is 6.54 Å². The Morgan fingerprint density at radius 2 is 1.76 bits per heavy atom. The topological polar surface area (TPSA) is 51.2 Å². The number of unbranched alkanes of at least 4 members (excludes halogenated alkanes) is 1. The van der Waals surface area contributed by atoms with Crippen LogP contribution in [0.15, 0.2) is 4.99 Å². The van der Waals surface area contributed by atoms with E-state index in [2.05, 4.69) is 28.3 Å². The summed E-state index contributed by atoms with van der Waals surface area (Å²) < 4.78 is 0. The highest BCUT2D eigenvalue weighted by Crippen LogP contribution is 2.09. The van der Waals surface area contributed by atoms with Gasteiger partial charge in [-0.2, -0.15) is 11.8 Å². The zero-order chi connectivity index (χ0) is 17.9. The standard InChI is InChI=1S/C18H35N5OS/c1-3-19-18(20-8-4-7-15-25-2)23-13-11-21(12-14-23)16-17(24)22-9-5-6-10-22/h3-16H2,1-2H3,(H,19,20). The molecule has 0 radical (unpaired) electrons. The lowest BCUT2D eigenvalue weighted by atomic mass is 10.3. The maximum absolute atomic E-state index is 12.3. The number of carbonyl (C=O) groups is 1. The number of likely N-dealkylation sites (tertiary alicyclic amines) is 1. The predicted molar refractivity (Wildman–Crippen MR) is 107 cm³/mol. The molecule has 0 bridgehead atoms. The van der Waals surface area contributed by atoms with Gasteiger partial charge in [0, 0.05) is 52.4 Å². The molecule has 0 aromatic rings. The maximum atomic E-state index is 12.3. The molecule has 2 aliphatic heterocycles. The van der Waals surface area contributed by atoms with Gasteiger partial charge in [0.1, 0.15) is 0 Å². The van der Waals surface area contributed by atoms with Gasteiger partial charge in [-0.15, -0.1) is 0 Å². The number of thioether (sulfide) groups is 1. The zero-order valence-electron chi connectivity index (χ0n) is 16.0. The Labute approximate surface area is 157 Å². The van der Waals surface area contributed by atoms with Gasteiger partial charge in [0.2, 0.25) is 5.91 Å². The van der Waals surface area contributed by atoms with Crippen LogP contribution in [-0.2, 0) is 4.79 Å². The lowest BCUT2D eigenvalue weighted by molar-refractivity contribution is -0.131. The third-order valence-electron chi connectivity index (χ3n) is 4.84. The molecule has 1 N–H and O–H groups in total. The van der Waals surface area contributed by atoms with Gasteiger partial charge in [-0.3, -0.25) is 14.7 Å². The average molecular weight is 370 g/mol. The summed E-state index contributed by atoms with van der Waals surface area (Å²) >= 11 is 1.90. The lowest BCUT2D eigenvalue weighted by Gasteiger charge is -2.36. The summed E-state index contributed by atoms with van der Waals surface area (Å²) in [5, 5.41) is 3.42. The van der Waals surface area contributed by atoms with E-state index in [1.165, 1.54) is 25.0 Å². The molecular weight excluding hydrogens is 334 g/mol. The number of amides is 1. The van der Waals surface area contributed by atoms with Crippen LogP contribution in [0.2, 0.25) is 0 Å². The van der Waals surface area contributed by atoms with E-state index >= 15 is 0 Å². The van der Waals surface area contributed by atoms with Crippen LogP contribution in [0.4, 0.5) is 0 Å². The number of nitrogens with one attached hydrogen (secondary N) is 1. The average Bonchev–Trinajstić information content (AvgIpc) is 3.16. The minimum absolute atomic E-state index is 0.306. The van der Waals surface area contributed by atoms with Crippen LogP contribution in [0.25, 0.3) is 0 Å². The fraction of sp³-hybridized carbons (Fsp3) is 0.889. The van der Waals surface area contributed by atoms with E-state index in [1.807, 2.05) is 16.7 Å². The Balaban J connectivity index is 1.73. The predicted octanol–water partition coefficient (Wildman–Crippen LogP) is 1.34. The van der Waals surface area contributed by atoms with Gasteiger partial charge in [-0.25, -0.2) is 0 Å². The molecule has 0 unspecified atom stereocenters. The fourth-order valence-electron chi connectivity index (χ4n) is 3.34. The molecular formula is C18H35N5OS. The number of piperazine rings is 1.